The van der Waals surface area contributed by atoms with Crippen molar-refractivity contribution >= 4 is 5.91 Å². The highest BCUT2D eigenvalue weighted by atomic mass is 16.2. The van der Waals surface area contributed by atoms with E-state index in [2.05, 4.69) is 35.6 Å². The Morgan fingerprint density at radius 1 is 0.889 bits per heavy atom. The molecule has 88 valence electrons. The van der Waals surface area contributed by atoms with Crippen molar-refractivity contribution in [2.45, 2.75) is 18.4 Å². The highest BCUT2D eigenvalue weighted by Crippen LogP contribution is 2.41. The maximum atomic E-state index is 12.2. The van der Waals surface area contributed by atoms with Gasteiger partial charge in [0.2, 0.25) is 5.91 Å². The summed E-state index contributed by atoms with van der Waals surface area (Å²) in [6.07, 6.45) is 0.815. The largest absolute Gasteiger partial charge is 0.345 e. The van der Waals surface area contributed by atoms with Crippen molar-refractivity contribution in [3.8, 4) is 0 Å². The predicted octanol–water partition coefficient (Wildman–Crippen LogP) is 2.55. The van der Waals surface area contributed by atoms with Crippen molar-refractivity contribution in [2.24, 2.45) is 0 Å². The normalized spacial score (nSPS) is 23.9. The average molecular weight is 235 g/mol. The number of benzene rings is 2. The van der Waals surface area contributed by atoms with Crippen LogP contribution in [0.2, 0.25) is 0 Å². The molecule has 0 radical (unpaired) electrons. The summed E-state index contributed by atoms with van der Waals surface area (Å²) in [7, 11) is 0. The van der Waals surface area contributed by atoms with E-state index in [-0.39, 0.29) is 17.9 Å². The van der Waals surface area contributed by atoms with Gasteiger partial charge in [-0.25, -0.2) is 0 Å². The molecule has 2 heterocycles. The molecule has 2 aliphatic heterocycles. The molecule has 5 rings (SSSR count). The van der Waals surface area contributed by atoms with Crippen molar-refractivity contribution in [1.82, 2.24) is 5.32 Å². The summed E-state index contributed by atoms with van der Waals surface area (Å²) >= 11 is 0. The van der Waals surface area contributed by atoms with E-state index < -0.39 is 0 Å². The van der Waals surface area contributed by atoms with Crippen molar-refractivity contribution in [2.75, 3.05) is 0 Å². The van der Waals surface area contributed by atoms with Gasteiger partial charge in [0.1, 0.15) is 0 Å². The molecule has 1 N–H and O–H groups in total. The van der Waals surface area contributed by atoms with Crippen LogP contribution in [0, 0.1) is 0 Å². The summed E-state index contributed by atoms with van der Waals surface area (Å²) in [6, 6.07) is 16.7. The molecule has 0 fully saturated rings. The molecule has 1 amide bonds. The Kier molecular flexibility index (Phi) is 1.90. The molecular formula is C16H13NO. The fourth-order valence-electron chi connectivity index (χ4n) is 3.22. The Bertz CT molecular complexity index is 647. The molecule has 3 aliphatic rings. The van der Waals surface area contributed by atoms with Crippen molar-refractivity contribution in [1.29, 1.82) is 0 Å². The van der Waals surface area contributed by atoms with Gasteiger partial charge in [-0.15, -0.1) is 0 Å². The van der Waals surface area contributed by atoms with Gasteiger partial charge in [0.25, 0.3) is 0 Å². The Morgan fingerprint density at radius 3 is 2.39 bits per heavy atom. The summed E-state index contributed by atoms with van der Waals surface area (Å²) in [5.41, 5.74) is 5.00. The second-order valence-electron chi connectivity index (χ2n) is 5.03. The molecule has 2 unspecified atom stereocenters. The zero-order chi connectivity index (χ0) is 12.1. The Balaban J connectivity index is 2.03. The molecule has 2 aromatic rings. The number of carbonyl (C=O) groups excluding carboxylic acids is 1. The first-order valence-corrected chi connectivity index (χ1v) is 6.31. The van der Waals surface area contributed by atoms with E-state index >= 15 is 0 Å². The van der Waals surface area contributed by atoms with E-state index in [1.54, 1.807) is 0 Å². The minimum atomic E-state index is -0.0268. The maximum Gasteiger partial charge on any atom is 0.228 e. The monoisotopic (exact) mass is 235 g/mol. The molecule has 2 nitrogen and oxygen atoms in total. The third-order valence-corrected chi connectivity index (χ3v) is 4.08. The van der Waals surface area contributed by atoms with Crippen molar-refractivity contribution in [3.63, 3.8) is 0 Å². The van der Waals surface area contributed by atoms with Gasteiger partial charge in [0.05, 0.1) is 12.0 Å². The van der Waals surface area contributed by atoms with Crippen molar-refractivity contribution < 1.29 is 4.79 Å². The number of hydrogen-bond acceptors (Lipinski definition) is 1. The molecule has 2 heteroatoms. The first-order valence-electron chi connectivity index (χ1n) is 6.31. The average Bonchev–Trinajstić information content (AvgIpc) is 2.64. The third-order valence-electron chi connectivity index (χ3n) is 4.08. The lowest BCUT2D eigenvalue weighted by atomic mass is 9.86. The molecule has 0 spiro atoms. The lowest BCUT2D eigenvalue weighted by Crippen LogP contribution is -2.37. The van der Waals surface area contributed by atoms with Gasteiger partial charge >= 0.3 is 0 Å². The zero-order valence-corrected chi connectivity index (χ0v) is 9.89. The molecule has 2 aromatic carbocycles. The van der Waals surface area contributed by atoms with E-state index in [0.29, 0.717) is 0 Å². The van der Waals surface area contributed by atoms with Crippen LogP contribution in [0.3, 0.4) is 0 Å². The van der Waals surface area contributed by atoms with Gasteiger partial charge in [-0.3, -0.25) is 4.79 Å². The van der Waals surface area contributed by atoms with E-state index in [4.69, 9.17) is 0 Å². The Morgan fingerprint density at radius 2 is 1.56 bits per heavy atom. The van der Waals surface area contributed by atoms with E-state index in [9.17, 15) is 4.79 Å². The van der Waals surface area contributed by atoms with Gasteiger partial charge in [0.15, 0.2) is 0 Å². The van der Waals surface area contributed by atoms with Gasteiger partial charge in [0, 0.05) is 0 Å². The van der Waals surface area contributed by atoms with Crippen LogP contribution in [0.1, 0.15) is 34.2 Å². The number of carbonyl (C=O) groups is 1. The number of amides is 1. The van der Waals surface area contributed by atoms with Crippen LogP contribution in [-0.4, -0.2) is 5.91 Å². The van der Waals surface area contributed by atoms with Gasteiger partial charge < -0.3 is 5.32 Å². The minimum Gasteiger partial charge on any atom is -0.345 e. The molecule has 0 saturated heterocycles. The lowest BCUT2D eigenvalue weighted by Gasteiger charge is -2.28. The molecule has 2 bridgehead atoms. The van der Waals surface area contributed by atoms with Crippen LogP contribution >= 0.6 is 0 Å². The van der Waals surface area contributed by atoms with Crippen molar-refractivity contribution in [3.05, 3.63) is 70.8 Å². The lowest BCUT2D eigenvalue weighted by molar-refractivity contribution is -0.123. The summed E-state index contributed by atoms with van der Waals surface area (Å²) in [5.74, 6) is 0.135. The number of fused-ring (bicyclic) bond motifs is 1. The van der Waals surface area contributed by atoms with Crippen LogP contribution < -0.4 is 5.32 Å². The summed E-state index contributed by atoms with van der Waals surface area (Å²) < 4.78 is 0. The van der Waals surface area contributed by atoms with Gasteiger partial charge in [-0.05, 0) is 28.7 Å². The summed E-state index contributed by atoms with van der Waals surface area (Å²) in [5, 5.41) is 3.15. The fourth-order valence-corrected chi connectivity index (χ4v) is 3.22. The summed E-state index contributed by atoms with van der Waals surface area (Å²) in [6.45, 7) is 0. The fraction of sp³-hybridized carbons (Fsp3) is 0.188. The summed E-state index contributed by atoms with van der Waals surface area (Å²) in [4.78, 5) is 12.2. The molecule has 2 atom stereocenters. The highest BCUT2D eigenvalue weighted by Gasteiger charge is 2.38. The zero-order valence-electron chi connectivity index (χ0n) is 9.89. The molecule has 0 aromatic heterocycles. The topological polar surface area (TPSA) is 29.1 Å². The smallest absolute Gasteiger partial charge is 0.228 e. The number of nitrogens with one attached hydrogen (secondary N) is 1. The second-order valence-corrected chi connectivity index (χ2v) is 5.03. The van der Waals surface area contributed by atoms with E-state index in [1.165, 1.54) is 22.3 Å². The van der Waals surface area contributed by atoms with Crippen LogP contribution in [0.5, 0.6) is 0 Å². The second kappa shape index (κ2) is 3.45. The van der Waals surface area contributed by atoms with Crippen LogP contribution in [-0.2, 0) is 11.2 Å². The number of hydrogen-bond donors (Lipinski definition) is 1. The van der Waals surface area contributed by atoms with Gasteiger partial charge in [-0.2, -0.15) is 0 Å². The quantitative estimate of drug-likeness (QED) is 0.747. The SMILES string of the molecule is O=C1NC2c3ccccc3CC1c1ccccc12. The van der Waals surface area contributed by atoms with Crippen LogP contribution in [0.15, 0.2) is 48.5 Å². The molecule has 1 aliphatic carbocycles. The standard InChI is InChI=1S/C16H13NO/c18-16-14-9-10-5-1-2-6-11(10)15(17-16)13-8-4-3-7-12(13)14/h1-8,14-15H,9H2,(H,17,18). The Labute approximate surface area is 106 Å². The first kappa shape index (κ1) is 9.89. The first-order chi connectivity index (χ1) is 8.84. The Hall–Kier alpha value is -2.09. The van der Waals surface area contributed by atoms with E-state index in [0.717, 1.165) is 6.42 Å². The van der Waals surface area contributed by atoms with Crippen LogP contribution in [0.25, 0.3) is 0 Å². The third kappa shape index (κ3) is 1.20. The molecular weight excluding hydrogens is 222 g/mol. The molecule has 18 heavy (non-hydrogen) atoms. The minimum absolute atomic E-state index is 0.0268. The molecule has 0 saturated carbocycles. The van der Waals surface area contributed by atoms with E-state index in [1.807, 2.05) is 18.2 Å². The maximum absolute atomic E-state index is 12.2. The van der Waals surface area contributed by atoms with Gasteiger partial charge in [-0.1, -0.05) is 48.5 Å². The number of rotatable bonds is 0. The highest BCUT2D eigenvalue weighted by molar-refractivity contribution is 5.88. The predicted molar refractivity (Wildman–Crippen MR) is 69.3 cm³/mol. The van der Waals surface area contributed by atoms with Crippen LogP contribution in [0.4, 0.5) is 0 Å².